The van der Waals surface area contributed by atoms with Gasteiger partial charge in [0.15, 0.2) is 11.5 Å². The minimum absolute atomic E-state index is 0.487. The average Bonchev–Trinajstić information content (AvgIpc) is 2.55. The van der Waals surface area contributed by atoms with Gasteiger partial charge in [0.25, 0.3) is 0 Å². The molecule has 22 heavy (non-hydrogen) atoms. The Kier molecular flexibility index (Phi) is 6.56. The summed E-state index contributed by atoms with van der Waals surface area (Å²) in [7, 11) is 1.66. The zero-order valence-electron chi connectivity index (χ0n) is 13.1. The van der Waals surface area contributed by atoms with Crippen LogP contribution in [0.1, 0.15) is 24.5 Å². The lowest BCUT2D eigenvalue weighted by atomic mass is 10.2. The fraction of sp³-hybridized carbons (Fsp3) is 0.333. The highest BCUT2D eigenvalue weighted by molar-refractivity contribution is 6.30. The number of nitrogens with one attached hydrogen (secondary N) is 1. The van der Waals surface area contributed by atoms with Gasteiger partial charge in [0.2, 0.25) is 0 Å². The van der Waals surface area contributed by atoms with Crippen molar-refractivity contribution in [2.75, 3.05) is 13.7 Å². The molecule has 0 aromatic heterocycles. The van der Waals surface area contributed by atoms with E-state index in [4.69, 9.17) is 21.1 Å². The molecule has 0 spiro atoms. The molecule has 0 unspecified atom stereocenters. The molecule has 0 bridgehead atoms. The Hall–Kier alpha value is -1.71. The molecule has 0 saturated heterocycles. The Labute approximate surface area is 137 Å². The van der Waals surface area contributed by atoms with E-state index in [0.717, 1.165) is 41.6 Å². The van der Waals surface area contributed by atoms with Gasteiger partial charge in [-0.2, -0.15) is 0 Å². The van der Waals surface area contributed by atoms with E-state index in [2.05, 4.69) is 18.3 Å². The first-order valence-electron chi connectivity index (χ1n) is 7.47. The van der Waals surface area contributed by atoms with Crippen molar-refractivity contribution in [2.45, 2.75) is 26.5 Å². The molecule has 0 saturated carbocycles. The Morgan fingerprint density at radius 1 is 1.00 bits per heavy atom. The molecule has 0 aliphatic heterocycles. The van der Waals surface area contributed by atoms with Crippen LogP contribution in [0.2, 0.25) is 5.02 Å². The van der Waals surface area contributed by atoms with Gasteiger partial charge in [0.05, 0.1) is 7.11 Å². The molecule has 118 valence electrons. The molecule has 2 aromatic rings. The van der Waals surface area contributed by atoms with Crippen LogP contribution in [0.4, 0.5) is 0 Å². The summed E-state index contributed by atoms with van der Waals surface area (Å²) in [5.74, 6) is 1.50. The van der Waals surface area contributed by atoms with Gasteiger partial charge in [-0.3, -0.25) is 0 Å². The summed E-state index contributed by atoms with van der Waals surface area (Å²) >= 11 is 5.88. The Balaban J connectivity index is 1.99. The number of rotatable bonds is 8. The summed E-state index contributed by atoms with van der Waals surface area (Å²) < 4.78 is 11.3. The van der Waals surface area contributed by atoms with Gasteiger partial charge in [-0.05, 0) is 48.4 Å². The van der Waals surface area contributed by atoms with Crippen molar-refractivity contribution in [1.29, 1.82) is 0 Å². The normalized spacial score (nSPS) is 10.5. The second-order valence-corrected chi connectivity index (χ2v) is 5.51. The van der Waals surface area contributed by atoms with E-state index >= 15 is 0 Å². The number of ether oxygens (including phenoxy) is 2. The van der Waals surface area contributed by atoms with Gasteiger partial charge in [0.1, 0.15) is 6.61 Å². The van der Waals surface area contributed by atoms with Crippen molar-refractivity contribution in [3.8, 4) is 11.5 Å². The largest absolute Gasteiger partial charge is 0.493 e. The highest BCUT2D eigenvalue weighted by Crippen LogP contribution is 2.29. The lowest BCUT2D eigenvalue weighted by molar-refractivity contribution is 0.284. The van der Waals surface area contributed by atoms with Crippen LogP contribution in [0.25, 0.3) is 0 Å². The molecular formula is C18H22ClNO2. The van der Waals surface area contributed by atoms with Crippen molar-refractivity contribution in [2.24, 2.45) is 0 Å². The minimum Gasteiger partial charge on any atom is -0.493 e. The Morgan fingerprint density at radius 2 is 1.73 bits per heavy atom. The quantitative estimate of drug-likeness (QED) is 0.730. The summed E-state index contributed by atoms with van der Waals surface area (Å²) in [6.45, 7) is 4.49. The van der Waals surface area contributed by atoms with Crippen LogP contribution in [0.3, 0.4) is 0 Å². The molecule has 3 nitrogen and oxygen atoms in total. The summed E-state index contributed by atoms with van der Waals surface area (Å²) in [6, 6.07) is 13.7. The van der Waals surface area contributed by atoms with Crippen LogP contribution < -0.4 is 14.8 Å². The van der Waals surface area contributed by atoms with Crippen molar-refractivity contribution >= 4 is 11.6 Å². The molecule has 0 fully saturated rings. The second kappa shape index (κ2) is 8.66. The molecule has 0 heterocycles. The van der Waals surface area contributed by atoms with Crippen LogP contribution in [0.15, 0.2) is 42.5 Å². The first-order chi connectivity index (χ1) is 10.7. The molecule has 0 aliphatic rings. The summed E-state index contributed by atoms with van der Waals surface area (Å²) in [4.78, 5) is 0. The van der Waals surface area contributed by atoms with E-state index in [1.165, 1.54) is 5.56 Å². The van der Waals surface area contributed by atoms with Gasteiger partial charge >= 0.3 is 0 Å². The number of hydrogen-bond donors (Lipinski definition) is 1. The monoisotopic (exact) mass is 319 g/mol. The first kappa shape index (κ1) is 16.7. The average molecular weight is 320 g/mol. The standard InChI is InChI=1S/C18H22ClNO2/c1-3-10-20-12-15-6-9-17(18(11-15)21-2)22-13-14-4-7-16(19)8-5-14/h4-9,11,20H,3,10,12-13H2,1-2H3. The van der Waals surface area contributed by atoms with Crippen LogP contribution in [-0.4, -0.2) is 13.7 Å². The summed E-state index contributed by atoms with van der Waals surface area (Å²) in [5, 5.41) is 4.10. The molecule has 1 N–H and O–H groups in total. The Bertz CT molecular complexity index is 584. The third kappa shape index (κ3) is 4.93. The number of halogens is 1. The van der Waals surface area contributed by atoms with Crippen LogP contribution in [0, 0.1) is 0 Å². The van der Waals surface area contributed by atoms with E-state index in [0.29, 0.717) is 6.61 Å². The summed E-state index contributed by atoms with van der Waals surface area (Å²) in [5.41, 5.74) is 2.25. The number of methoxy groups -OCH3 is 1. The zero-order valence-corrected chi connectivity index (χ0v) is 13.8. The van der Waals surface area contributed by atoms with E-state index in [9.17, 15) is 0 Å². The molecule has 4 heteroatoms. The fourth-order valence-electron chi connectivity index (χ4n) is 2.09. The molecule has 2 aromatic carbocycles. The molecule has 0 aliphatic carbocycles. The minimum atomic E-state index is 0.487. The number of benzene rings is 2. The van der Waals surface area contributed by atoms with Crippen LogP contribution in [0.5, 0.6) is 11.5 Å². The third-order valence-corrected chi connectivity index (χ3v) is 3.54. The predicted octanol–water partition coefficient (Wildman–Crippen LogP) is 4.43. The SMILES string of the molecule is CCCNCc1ccc(OCc2ccc(Cl)cc2)c(OC)c1. The maximum Gasteiger partial charge on any atom is 0.161 e. The van der Waals surface area contributed by atoms with Gasteiger partial charge in [-0.25, -0.2) is 0 Å². The molecule has 2 rings (SSSR count). The fourth-order valence-corrected chi connectivity index (χ4v) is 2.22. The third-order valence-electron chi connectivity index (χ3n) is 3.29. The molecular weight excluding hydrogens is 298 g/mol. The van der Waals surface area contributed by atoms with Crippen LogP contribution in [-0.2, 0) is 13.2 Å². The van der Waals surface area contributed by atoms with Gasteiger partial charge in [0, 0.05) is 11.6 Å². The topological polar surface area (TPSA) is 30.5 Å². The lowest BCUT2D eigenvalue weighted by Gasteiger charge is -2.12. The molecule has 0 radical (unpaired) electrons. The maximum absolute atomic E-state index is 5.88. The highest BCUT2D eigenvalue weighted by Gasteiger charge is 2.06. The van der Waals surface area contributed by atoms with E-state index in [1.54, 1.807) is 7.11 Å². The van der Waals surface area contributed by atoms with E-state index in [1.807, 2.05) is 36.4 Å². The number of hydrogen-bond acceptors (Lipinski definition) is 3. The summed E-state index contributed by atoms with van der Waals surface area (Å²) in [6.07, 6.45) is 1.12. The van der Waals surface area contributed by atoms with E-state index in [-0.39, 0.29) is 0 Å². The van der Waals surface area contributed by atoms with Crippen molar-refractivity contribution in [3.63, 3.8) is 0 Å². The Morgan fingerprint density at radius 3 is 2.41 bits per heavy atom. The first-order valence-corrected chi connectivity index (χ1v) is 7.85. The lowest BCUT2D eigenvalue weighted by Crippen LogP contribution is -2.13. The predicted molar refractivity (Wildman–Crippen MR) is 90.8 cm³/mol. The van der Waals surface area contributed by atoms with Gasteiger partial charge < -0.3 is 14.8 Å². The zero-order chi connectivity index (χ0) is 15.8. The maximum atomic E-state index is 5.88. The second-order valence-electron chi connectivity index (χ2n) is 5.08. The van der Waals surface area contributed by atoms with Crippen LogP contribution >= 0.6 is 11.6 Å². The van der Waals surface area contributed by atoms with Gasteiger partial charge in [-0.15, -0.1) is 0 Å². The van der Waals surface area contributed by atoms with Crippen molar-refractivity contribution in [3.05, 3.63) is 58.6 Å². The molecule has 0 atom stereocenters. The van der Waals surface area contributed by atoms with Crippen molar-refractivity contribution in [1.82, 2.24) is 5.32 Å². The van der Waals surface area contributed by atoms with Crippen molar-refractivity contribution < 1.29 is 9.47 Å². The smallest absolute Gasteiger partial charge is 0.161 e. The highest BCUT2D eigenvalue weighted by atomic mass is 35.5. The van der Waals surface area contributed by atoms with E-state index < -0.39 is 0 Å². The molecule has 0 amide bonds. The van der Waals surface area contributed by atoms with Gasteiger partial charge in [-0.1, -0.05) is 36.7 Å².